The molecule has 0 aromatic heterocycles. The maximum atomic E-state index is 11.7. The minimum atomic E-state index is 0.156. The average molecular weight is 246 g/mol. The van der Waals surface area contributed by atoms with Gasteiger partial charge in [-0.15, -0.1) is 0 Å². The normalized spacial score (nSPS) is 15.2. The second-order valence-corrected chi connectivity index (χ2v) is 5.20. The minimum absolute atomic E-state index is 0.156. The summed E-state index contributed by atoms with van der Waals surface area (Å²) >= 11 is 0. The molecule has 1 unspecified atom stereocenters. The largest absolute Gasteiger partial charge is 0.352 e. The zero-order valence-electron chi connectivity index (χ0n) is 11.3. The van der Waals surface area contributed by atoms with Gasteiger partial charge in [0.2, 0.25) is 5.91 Å². The van der Waals surface area contributed by atoms with Gasteiger partial charge in [-0.1, -0.05) is 38.5 Å². The standard InChI is InChI=1S/C15H22N2O/c1-3-11(2)6-15(18)17-8-12-4-5-13-9-16-10-14(13)7-12/h4-5,7,11,16H,3,6,8-10H2,1-2H3,(H,17,18). The molecule has 2 N–H and O–H groups in total. The third-order valence-electron chi connectivity index (χ3n) is 3.62. The number of hydrogen-bond acceptors (Lipinski definition) is 2. The van der Waals surface area contributed by atoms with E-state index >= 15 is 0 Å². The van der Waals surface area contributed by atoms with Crippen LogP contribution < -0.4 is 10.6 Å². The van der Waals surface area contributed by atoms with E-state index in [0.29, 0.717) is 18.9 Å². The van der Waals surface area contributed by atoms with Crippen molar-refractivity contribution in [1.29, 1.82) is 0 Å². The van der Waals surface area contributed by atoms with E-state index in [2.05, 4.69) is 42.7 Å². The molecule has 0 aliphatic carbocycles. The van der Waals surface area contributed by atoms with Crippen molar-refractivity contribution in [1.82, 2.24) is 10.6 Å². The number of rotatable bonds is 5. The zero-order chi connectivity index (χ0) is 13.0. The quantitative estimate of drug-likeness (QED) is 0.837. The number of carbonyl (C=O) groups is 1. The maximum Gasteiger partial charge on any atom is 0.220 e. The van der Waals surface area contributed by atoms with Gasteiger partial charge >= 0.3 is 0 Å². The van der Waals surface area contributed by atoms with Gasteiger partial charge in [0.25, 0.3) is 0 Å². The Morgan fingerprint density at radius 1 is 1.39 bits per heavy atom. The second-order valence-electron chi connectivity index (χ2n) is 5.20. The van der Waals surface area contributed by atoms with E-state index in [1.54, 1.807) is 0 Å². The molecule has 0 saturated carbocycles. The van der Waals surface area contributed by atoms with E-state index in [1.807, 2.05) is 0 Å². The van der Waals surface area contributed by atoms with Crippen LogP contribution in [0.3, 0.4) is 0 Å². The van der Waals surface area contributed by atoms with Crippen molar-refractivity contribution in [3.8, 4) is 0 Å². The predicted molar refractivity (Wildman–Crippen MR) is 72.9 cm³/mol. The predicted octanol–water partition coefficient (Wildman–Crippen LogP) is 2.34. The number of amides is 1. The summed E-state index contributed by atoms with van der Waals surface area (Å²) in [5, 5.41) is 6.32. The molecule has 3 nitrogen and oxygen atoms in total. The first-order valence-electron chi connectivity index (χ1n) is 6.77. The Bertz CT molecular complexity index is 429. The lowest BCUT2D eigenvalue weighted by atomic mass is 10.0. The summed E-state index contributed by atoms with van der Waals surface area (Å²) in [6.45, 7) is 6.79. The van der Waals surface area contributed by atoms with Crippen molar-refractivity contribution in [3.05, 3.63) is 34.9 Å². The lowest BCUT2D eigenvalue weighted by Crippen LogP contribution is -2.24. The smallest absolute Gasteiger partial charge is 0.220 e. The fourth-order valence-electron chi connectivity index (χ4n) is 2.19. The topological polar surface area (TPSA) is 41.1 Å². The van der Waals surface area contributed by atoms with Crippen molar-refractivity contribution < 1.29 is 4.79 Å². The molecule has 0 bridgehead atoms. The van der Waals surface area contributed by atoms with Crippen LogP contribution in [0.15, 0.2) is 18.2 Å². The summed E-state index contributed by atoms with van der Waals surface area (Å²) < 4.78 is 0. The highest BCUT2D eigenvalue weighted by atomic mass is 16.1. The van der Waals surface area contributed by atoms with Crippen LogP contribution in [0.1, 0.15) is 43.4 Å². The van der Waals surface area contributed by atoms with Gasteiger partial charge in [0.15, 0.2) is 0 Å². The molecule has 3 heteroatoms. The van der Waals surface area contributed by atoms with E-state index < -0.39 is 0 Å². The third-order valence-corrected chi connectivity index (χ3v) is 3.62. The summed E-state index contributed by atoms with van der Waals surface area (Å²) in [6, 6.07) is 6.46. The Morgan fingerprint density at radius 2 is 2.17 bits per heavy atom. The Balaban J connectivity index is 1.85. The van der Waals surface area contributed by atoms with Crippen LogP contribution in [0.2, 0.25) is 0 Å². The molecule has 1 aliphatic heterocycles. The molecule has 1 heterocycles. The maximum absolute atomic E-state index is 11.7. The van der Waals surface area contributed by atoms with Gasteiger partial charge in [0, 0.05) is 26.1 Å². The summed E-state index contributed by atoms with van der Waals surface area (Å²) in [5.74, 6) is 0.622. The molecular weight excluding hydrogens is 224 g/mol. The highest BCUT2D eigenvalue weighted by Crippen LogP contribution is 2.17. The van der Waals surface area contributed by atoms with Crippen LogP contribution in [0.25, 0.3) is 0 Å². The molecular formula is C15H22N2O. The molecule has 1 aromatic carbocycles. The van der Waals surface area contributed by atoms with Crippen LogP contribution in [-0.4, -0.2) is 5.91 Å². The molecule has 0 saturated heterocycles. The highest BCUT2D eigenvalue weighted by molar-refractivity contribution is 5.76. The van der Waals surface area contributed by atoms with Gasteiger partial charge < -0.3 is 10.6 Å². The van der Waals surface area contributed by atoms with E-state index in [9.17, 15) is 4.79 Å². The first kappa shape index (κ1) is 13.1. The second kappa shape index (κ2) is 6.01. The van der Waals surface area contributed by atoms with Gasteiger partial charge in [0.1, 0.15) is 0 Å². The van der Waals surface area contributed by atoms with Crippen molar-refractivity contribution in [2.75, 3.05) is 0 Å². The monoisotopic (exact) mass is 246 g/mol. The van der Waals surface area contributed by atoms with E-state index in [0.717, 1.165) is 19.5 Å². The Kier molecular flexibility index (Phi) is 4.37. The van der Waals surface area contributed by atoms with Gasteiger partial charge in [-0.25, -0.2) is 0 Å². The molecule has 1 aromatic rings. The zero-order valence-corrected chi connectivity index (χ0v) is 11.3. The Hall–Kier alpha value is -1.35. The van der Waals surface area contributed by atoms with Gasteiger partial charge in [0.05, 0.1) is 0 Å². The molecule has 18 heavy (non-hydrogen) atoms. The Labute approximate surface area is 109 Å². The van der Waals surface area contributed by atoms with Crippen LogP contribution in [-0.2, 0) is 24.4 Å². The van der Waals surface area contributed by atoms with Gasteiger partial charge in [-0.05, 0) is 22.6 Å². The molecule has 1 aliphatic rings. The van der Waals surface area contributed by atoms with E-state index in [-0.39, 0.29) is 5.91 Å². The van der Waals surface area contributed by atoms with Crippen LogP contribution in [0.5, 0.6) is 0 Å². The summed E-state index contributed by atoms with van der Waals surface area (Å²) in [6.07, 6.45) is 1.68. The van der Waals surface area contributed by atoms with E-state index in [4.69, 9.17) is 0 Å². The molecule has 98 valence electrons. The average Bonchev–Trinajstić information content (AvgIpc) is 2.83. The number of carbonyl (C=O) groups excluding carboxylic acids is 1. The lowest BCUT2D eigenvalue weighted by molar-refractivity contribution is -0.122. The lowest BCUT2D eigenvalue weighted by Gasteiger charge is -2.10. The summed E-state index contributed by atoms with van der Waals surface area (Å²) in [4.78, 5) is 11.7. The number of nitrogens with one attached hydrogen (secondary N) is 2. The van der Waals surface area contributed by atoms with Gasteiger partial charge in [-0.3, -0.25) is 4.79 Å². The van der Waals surface area contributed by atoms with Crippen molar-refractivity contribution in [2.24, 2.45) is 5.92 Å². The first-order valence-corrected chi connectivity index (χ1v) is 6.77. The van der Waals surface area contributed by atoms with Crippen molar-refractivity contribution >= 4 is 5.91 Å². The molecule has 0 fully saturated rings. The van der Waals surface area contributed by atoms with Crippen LogP contribution in [0.4, 0.5) is 0 Å². The summed E-state index contributed by atoms with van der Waals surface area (Å²) in [7, 11) is 0. The SMILES string of the molecule is CCC(C)CC(=O)NCc1ccc2c(c1)CNC2. The number of hydrogen-bond donors (Lipinski definition) is 2. The van der Waals surface area contributed by atoms with Crippen molar-refractivity contribution in [3.63, 3.8) is 0 Å². The molecule has 2 rings (SSSR count). The molecule has 1 amide bonds. The molecule has 1 atom stereocenters. The summed E-state index contributed by atoms with van der Waals surface area (Å²) in [5.41, 5.74) is 3.93. The third kappa shape index (κ3) is 3.33. The fraction of sp³-hybridized carbons (Fsp3) is 0.533. The first-order chi connectivity index (χ1) is 8.69. The Morgan fingerprint density at radius 3 is 2.94 bits per heavy atom. The van der Waals surface area contributed by atoms with Gasteiger partial charge in [-0.2, -0.15) is 0 Å². The fourth-order valence-corrected chi connectivity index (χ4v) is 2.19. The van der Waals surface area contributed by atoms with Crippen LogP contribution in [0, 0.1) is 5.92 Å². The highest BCUT2D eigenvalue weighted by Gasteiger charge is 2.11. The number of benzene rings is 1. The minimum Gasteiger partial charge on any atom is -0.352 e. The molecule has 0 radical (unpaired) electrons. The van der Waals surface area contributed by atoms with Crippen LogP contribution >= 0.6 is 0 Å². The number of fused-ring (bicyclic) bond motifs is 1. The van der Waals surface area contributed by atoms with Crippen molar-refractivity contribution in [2.45, 2.75) is 46.3 Å². The van der Waals surface area contributed by atoms with E-state index in [1.165, 1.54) is 16.7 Å². The molecule has 0 spiro atoms.